The van der Waals surface area contributed by atoms with Gasteiger partial charge in [0.2, 0.25) is 0 Å². The van der Waals surface area contributed by atoms with E-state index >= 15 is 0 Å². The van der Waals surface area contributed by atoms with Crippen molar-refractivity contribution in [2.75, 3.05) is 44.6 Å². The summed E-state index contributed by atoms with van der Waals surface area (Å²) in [6.07, 6.45) is 1.48. The summed E-state index contributed by atoms with van der Waals surface area (Å²) in [4.78, 5) is 26.5. The topological polar surface area (TPSA) is 123 Å². The van der Waals surface area contributed by atoms with Gasteiger partial charge in [-0.05, 0) is 12.1 Å². The van der Waals surface area contributed by atoms with Crippen molar-refractivity contribution >= 4 is 28.9 Å². The molecule has 1 aromatic carbocycles. The molecule has 2 rings (SSSR count). The third-order valence-corrected chi connectivity index (χ3v) is 4.22. The number of amides is 1. The van der Waals surface area contributed by atoms with Crippen molar-refractivity contribution in [3.05, 3.63) is 45.1 Å². The molecule has 0 bridgehead atoms. The van der Waals surface area contributed by atoms with E-state index in [4.69, 9.17) is 16.7 Å². The predicted octanol–water partition coefficient (Wildman–Crippen LogP) is 1.20. The van der Waals surface area contributed by atoms with Crippen LogP contribution >= 0.6 is 11.6 Å². The summed E-state index contributed by atoms with van der Waals surface area (Å²) < 4.78 is 0. The molecule has 0 atom stereocenters. The van der Waals surface area contributed by atoms with Gasteiger partial charge in [-0.2, -0.15) is 5.26 Å². The van der Waals surface area contributed by atoms with Gasteiger partial charge in [0.1, 0.15) is 16.7 Å². The van der Waals surface area contributed by atoms with Crippen LogP contribution in [0.3, 0.4) is 0 Å². The van der Waals surface area contributed by atoms with Crippen LogP contribution < -0.4 is 5.32 Å². The molecule has 0 saturated carbocycles. The summed E-state index contributed by atoms with van der Waals surface area (Å²) in [7, 11) is 0. The monoisotopic (exact) mass is 379 g/mol. The number of anilines is 1. The maximum absolute atomic E-state index is 12.3. The van der Waals surface area contributed by atoms with E-state index in [-0.39, 0.29) is 28.6 Å². The van der Waals surface area contributed by atoms with Gasteiger partial charge in [-0.15, -0.1) is 0 Å². The molecule has 1 aromatic rings. The lowest BCUT2D eigenvalue weighted by Gasteiger charge is -2.33. The first-order chi connectivity index (χ1) is 12.4. The highest BCUT2D eigenvalue weighted by Crippen LogP contribution is 2.27. The van der Waals surface area contributed by atoms with Gasteiger partial charge < -0.3 is 15.3 Å². The van der Waals surface area contributed by atoms with Crippen LogP contribution in [0.4, 0.5) is 11.4 Å². The van der Waals surface area contributed by atoms with E-state index in [1.54, 1.807) is 0 Å². The molecule has 0 aromatic heterocycles. The highest BCUT2D eigenvalue weighted by atomic mass is 35.5. The maximum Gasteiger partial charge on any atom is 0.289 e. The van der Waals surface area contributed by atoms with Crippen LogP contribution in [0.25, 0.3) is 0 Å². The molecule has 1 fully saturated rings. The summed E-state index contributed by atoms with van der Waals surface area (Å²) in [5.41, 5.74) is -0.245. The Hall–Kier alpha value is -2.67. The molecule has 2 N–H and O–H groups in total. The largest absolute Gasteiger partial charge is 0.395 e. The van der Waals surface area contributed by atoms with E-state index in [1.165, 1.54) is 18.3 Å². The highest BCUT2D eigenvalue weighted by Gasteiger charge is 2.18. The average Bonchev–Trinajstić information content (AvgIpc) is 2.62. The van der Waals surface area contributed by atoms with Gasteiger partial charge in [0.05, 0.1) is 11.5 Å². The standard InChI is InChI=1S/C16H18ClN5O4/c17-14-2-1-13(9-15(14)22(25)26)19-16(24)12(10-18)11-21-5-3-20(4-6-21)7-8-23/h1-2,9,11,23H,3-8H2,(H,19,24)/b12-11-. The Morgan fingerprint density at radius 1 is 1.42 bits per heavy atom. The van der Waals surface area contributed by atoms with Gasteiger partial charge in [-0.3, -0.25) is 19.8 Å². The number of nitro groups is 1. The van der Waals surface area contributed by atoms with Gasteiger partial charge in [0.15, 0.2) is 0 Å². The zero-order valence-electron chi connectivity index (χ0n) is 13.9. The normalized spacial score (nSPS) is 15.4. The Balaban J connectivity index is 2.04. The number of hydrogen-bond donors (Lipinski definition) is 2. The summed E-state index contributed by atoms with van der Waals surface area (Å²) in [5.74, 6) is -0.651. The molecule has 138 valence electrons. The number of aliphatic hydroxyl groups excluding tert-OH is 1. The number of rotatable bonds is 6. The van der Waals surface area contributed by atoms with Gasteiger partial charge in [-0.25, -0.2) is 0 Å². The Bertz CT molecular complexity index is 753. The van der Waals surface area contributed by atoms with Crippen molar-refractivity contribution in [3.8, 4) is 6.07 Å². The molecule has 1 aliphatic rings. The fourth-order valence-corrected chi connectivity index (χ4v) is 2.69. The lowest BCUT2D eigenvalue weighted by atomic mass is 10.2. The molecular formula is C16H18ClN5O4. The van der Waals surface area contributed by atoms with E-state index in [2.05, 4.69) is 10.2 Å². The van der Waals surface area contributed by atoms with Gasteiger partial charge in [0.25, 0.3) is 11.6 Å². The van der Waals surface area contributed by atoms with E-state index in [0.717, 1.165) is 19.2 Å². The van der Waals surface area contributed by atoms with Gasteiger partial charge in [-0.1, -0.05) is 11.6 Å². The fraction of sp³-hybridized carbons (Fsp3) is 0.375. The smallest absolute Gasteiger partial charge is 0.289 e. The molecule has 1 heterocycles. The lowest BCUT2D eigenvalue weighted by Crippen LogP contribution is -2.45. The zero-order chi connectivity index (χ0) is 19.1. The van der Waals surface area contributed by atoms with Crippen LogP contribution in [0.1, 0.15) is 0 Å². The first kappa shape index (κ1) is 19.7. The molecule has 9 nitrogen and oxygen atoms in total. The number of aliphatic hydroxyl groups is 1. The number of β-amino-alcohol motifs (C(OH)–C–C–N with tert-alkyl or cyclic N) is 1. The average molecular weight is 380 g/mol. The van der Waals surface area contributed by atoms with Crippen molar-refractivity contribution in [2.24, 2.45) is 0 Å². The number of nitriles is 1. The minimum absolute atomic E-state index is 0.0372. The Kier molecular flexibility index (Phi) is 6.91. The molecule has 1 amide bonds. The summed E-state index contributed by atoms with van der Waals surface area (Å²) >= 11 is 5.74. The quantitative estimate of drug-likeness (QED) is 0.329. The third-order valence-electron chi connectivity index (χ3n) is 3.90. The minimum atomic E-state index is -0.651. The Labute approximate surface area is 155 Å². The second kappa shape index (κ2) is 9.15. The number of carbonyl (C=O) groups excluding carboxylic acids is 1. The van der Waals surface area contributed by atoms with Gasteiger partial charge in [0, 0.05) is 50.7 Å². The number of halogens is 1. The molecule has 0 aliphatic carbocycles. The van der Waals surface area contributed by atoms with Crippen LogP contribution in [0.15, 0.2) is 30.0 Å². The number of nitro benzene ring substituents is 1. The lowest BCUT2D eigenvalue weighted by molar-refractivity contribution is -0.384. The van der Waals surface area contributed by atoms with E-state index < -0.39 is 10.8 Å². The van der Waals surface area contributed by atoms with Crippen molar-refractivity contribution in [1.82, 2.24) is 9.80 Å². The highest BCUT2D eigenvalue weighted by molar-refractivity contribution is 6.32. The molecule has 26 heavy (non-hydrogen) atoms. The van der Waals surface area contributed by atoms with Crippen LogP contribution in [-0.4, -0.2) is 65.1 Å². The molecule has 0 radical (unpaired) electrons. The Morgan fingerprint density at radius 3 is 2.69 bits per heavy atom. The number of nitrogens with one attached hydrogen (secondary N) is 1. The summed E-state index contributed by atoms with van der Waals surface area (Å²) in [6, 6.07) is 5.73. The molecule has 10 heteroatoms. The first-order valence-corrected chi connectivity index (χ1v) is 8.27. The molecular weight excluding hydrogens is 362 g/mol. The summed E-state index contributed by atoms with van der Waals surface area (Å²) in [6.45, 7) is 3.39. The van der Waals surface area contributed by atoms with Crippen molar-refractivity contribution in [1.29, 1.82) is 5.26 Å². The molecule has 0 spiro atoms. The van der Waals surface area contributed by atoms with Crippen molar-refractivity contribution < 1.29 is 14.8 Å². The molecule has 1 saturated heterocycles. The van der Waals surface area contributed by atoms with Crippen molar-refractivity contribution in [2.45, 2.75) is 0 Å². The number of hydrogen-bond acceptors (Lipinski definition) is 7. The number of piperazine rings is 1. The first-order valence-electron chi connectivity index (χ1n) is 7.89. The van der Waals surface area contributed by atoms with Gasteiger partial charge >= 0.3 is 0 Å². The van der Waals surface area contributed by atoms with Crippen LogP contribution in [0.2, 0.25) is 5.02 Å². The summed E-state index contributed by atoms with van der Waals surface area (Å²) in [5, 5.41) is 31.5. The third kappa shape index (κ3) is 5.16. The zero-order valence-corrected chi connectivity index (χ0v) is 14.6. The fourth-order valence-electron chi connectivity index (χ4n) is 2.51. The number of benzene rings is 1. The van der Waals surface area contributed by atoms with E-state index in [1.807, 2.05) is 11.0 Å². The number of carbonyl (C=O) groups is 1. The van der Waals surface area contributed by atoms with E-state index in [0.29, 0.717) is 19.6 Å². The predicted molar refractivity (Wildman–Crippen MR) is 95.5 cm³/mol. The maximum atomic E-state index is 12.3. The minimum Gasteiger partial charge on any atom is -0.395 e. The molecule has 1 aliphatic heterocycles. The SMILES string of the molecule is N#C/C(=C/N1CCN(CCO)CC1)C(=O)Nc1ccc(Cl)c([N+](=O)[O-])c1. The van der Waals surface area contributed by atoms with Crippen LogP contribution in [0.5, 0.6) is 0 Å². The van der Waals surface area contributed by atoms with E-state index in [9.17, 15) is 20.2 Å². The second-order valence-corrected chi connectivity index (χ2v) is 6.04. The number of nitrogens with zero attached hydrogens (tertiary/aromatic N) is 4. The Morgan fingerprint density at radius 2 is 2.12 bits per heavy atom. The molecule has 0 unspecified atom stereocenters. The second-order valence-electron chi connectivity index (χ2n) is 5.63. The van der Waals surface area contributed by atoms with Crippen LogP contribution in [-0.2, 0) is 4.79 Å². The van der Waals surface area contributed by atoms with Crippen LogP contribution in [0, 0.1) is 21.4 Å². The van der Waals surface area contributed by atoms with Crippen molar-refractivity contribution in [3.63, 3.8) is 0 Å².